The molecule has 6 heteroatoms. The molecule has 0 saturated carbocycles. The van der Waals surface area contributed by atoms with Gasteiger partial charge in [-0.25, -0.2) is 0 Å². The number of nitrogens with one attached hydrogen (secondary N) is 1. The molecule has 1 aromatic heterocycles. The molecule has 2 fully saturated rings. The van der Waals surface area contributed by atoms with E-state index in [0.717, 1.165) is 24.8 Å². The van der Waals surface area contributed by atoms with Crippen molar-refractivity contribution in [2.45, 2.75) is 37.5 Å². The van der Waals surface area contributed by atoms with Crippen molar-refractivity contribution in [3.63, 3.8) is 0 Å². The number of likely N-dealkylation sites (N-methyl/N-ethyl adjacent to an activating group) is 1. The van der Waals surface area contributed by atoms with E-state index in [0.29, 0.717) is 13.1 Å². The van der Waals surface area contributed by atoms with Gasteiger partial charge < -0.3 is 15.0 Å². The van der Waals surface area contributed by atoms with Gasteiger partial charge in [0, 0.05) is 25.5 Å². The van der Waals surface area contributed by atoms with Crippen molar-refractivity contribution in [2.24, 2.45) is 11.8 Å². The summed E-state index contributed by atoms with van der Waals surface area (Å²) in [6.07, 6.45) is 8.74. The number of nitrogens with zero attached hydrogens (tertiary/aromatic N) is 2. The highest BCUT2D eigenvalue weighted by atomic mass is 16.5. The summed E-state index contributed by atoms with van der Waals surface area (Å²) in [7, 11) is 1.77. The minimum atomic E-state index is -0.604. The lowest BCUT2D eigenvalue weighted by atomic mass is 9.77. The van der Waals surface area contributed by atoms with Crippen LogP contribution in [0.2, 0.25) is 0 Å². The number of likely N-dealkylation sites (tertiary alicyclic amines) is 1. The molecule has 0 aromatic carbocycles. The van der Waals surface area contributed by atoms with Crippen molar-refractivity contribution < 1.29 is 14.3 Å². The maximum absolute atomic E-state index is 12.8. The van der Waals surface area contributed by atoms with Gasteiger partial charge in [0.1, 0.15) is 5.60 Å². The molecule has 2 saturated heterocycles. The number of carbonyl (C=O) groups excluding carboxylic acids is 2. The van der Waals surface area contributed by atoms with Gasteiger partial charge in [-0.3, -0.25) is 14.6 Å². The Bertz CT molecular complexity index is 805. The van der Waals surface area contributed by atoms with E-state index in [2.05, 4.69) is 16.4 Å². The van der Waals surface area contributed by atoms with E-state index < -0.39 is 17.4 Å². The molecule has 1 N–H and O–H groups in total. The third kappa shape index (κ3) is 2.10. The highest BCUT2D eigenvalue weighted by Gasteiger charge is 2.66. The predicted octanol–water partition coefficient (Wildman–Crippen LogP) is 0.598. The van der Waals surface area contributed by atoms with Crippen LogP contribution in [0.15, 0.2) is 24.4 Å². The topological polar surface area (TPSA) is 71.5 Å². The van der Waals surface area contributed by atoms with Crippen molar-refractivity contribution in [3.8, 4) is 0 Å². The number of hydrogen-bond acceptors (Lipinski definition) is 4. The maximum Gasteiger partial charge on any atom is 0.229 e. The molecule has 0 radical (unpaired) electrons. The van der Waals surface area contributed by atoms with Crippen LogP contribution in [0.4, 0.5) is 0 Å². The van der Waals surface area contributed by atoms with Gasteiger partial charge in [-0.05, 0) is 30.4 Å². The van der Waals surface area contributed by atoms with Crippen molar-refractivity contribution >= 4 is 11.8 Å². The summed E-state index contributed by atoms with van der Waals surface area (Å²) in [4.78, 5) is 31.5. The second kappa shape index (κ2) is 5.14. The molecule has 0 unspecified atom stereocenters. The number of ether oxygens (including phenoxy) is 1. The van der Waals surface area contributed by atoms with E-state index in [1.54, 1.807) is 11.9 Å². The van der Waals surface area contributed by atoms with Crippen molar-refractivity contribution in [1.29, 1.82) is 0 Å². The van der Waals surface area contributed by atoms with Crippen LogP contribution in [0.3, 0.4) is 0 Å². The zero-order valence-corrected chi connectivity index (χ0v) is 14.2. The Morgan fingerprint density at radius 2 is 2.36 bits per heavy atom. The van der Waals surface area contributed by atoms with Crippen LogP contribution in [0, 0.1) is 11.8 Å². The molecule has 25 heavy (non-hydrogen) atoms. The largest absolute Gasteiger partial charge is 0.360 e. The monoisotopic (exact) mass is 339 g/mol. The molecule has 3 aliphatic heterocycles. The number of hydrogen-bond donors (Lipinski definition) is 1. The molecule has 130 valence electrons. The van der Waals surface area contributed by atoms with Crippen LogP contribution in [0.1, 0.15) is 23.2 Å². The average Bonchev–Trinajstić information content (AvgIpc) is 3.34. The second-order valence-electron chi connectivity index (χ2n) is 7.62. The number of carbonyl (C=O) groups is 2. The molecular weight excluding hydrogens is 318 g/mol. The fourth-order valence-electron chi connectivity index (χ4n) is 4.87. The quantitative estimate of drug-likeness (QED) is 0.819. The third-order valence-electron chi connectivity index (χ3n) is 6.04. The van der Waals surface area contributed by atoms with Gasteiger partial charge in [0.25, 0.3) is 0 Å². The minimum absolute atomic E-state index is 0.00574. The van der Waals surface area contributed by atoms with E-state index in [1.165, 1.54) is 11.3 Å². The Morgan fingerprint density at radius 1 is 1.48 bits per heavy atom. The van der Waals surface area contributed by atoms with Gasteiger partial charge in [-0.1, -0.05) is 18.2 Å². The fourth-order valence-corrected chi connectivity index (χ4v) is 4.87. The SMILES string of the molecule is CN1C[C@]23C=C[C@H](O2)[C@H](C(=O)NCc2cnc4c(c2)CCC4)[C@@H]3C1=O. The number of rotatable bonds is 3. The molecule has 1 spiro atoms. The van der Waals surface area contributed by atoms with Crippen LogP contribution >= 0.6 is 0 Å². The molecule has 4 atom stereocenters. The normalized spacial score (nSPS) is 34.5. The molecule has 6 nitrogen and oxygen atoms in total. The summed E-state index contributed by atoms with van der Waals surface area (Å²) in [5, 5.41) is 3.00. The Morgan fingerprint density at radius 3 is 3.24 bits per heavy atom. The summed E-state index contributed by atoms with van der Waals surface area (Å²) < 4.78 is 6.02. The Balaban J connectivity index is 1.32. The Labute approximate surface area is 146 Å². The van der Waals surface area contributed by atoms with Crippen molar-refractivity contribution in [3.05, 3.63) is 41.2 Å². The Hall–Kier alpha value is -2.21. The molecule has 2 amide bonds. The van der Waals surface area contributed by atoms with E-state index in [1.807, 2.05) is 18.3 Å². The summed E-state index contributed by atoms with van der Waals surface area (Å²) in [6.45, 7) is 0.970. The van der Waals surface area contributed by atoms with Crippen LogP contribution in [-0.2, 0) is 33.7 Å². The number of fused-ring (bicyclic) bond motifs is 2. The number of aryl methyl sites for hydroxylation is 2. The van der Waals surface area contributed by atoms with Gasteiger partial charge in [0.15, 0.2) is 0 Å². The summed E-state index contributed by atoms with van der Waals surface area (Å²) in [6, 6.07) is 2.14. The number of aromatic nitrogens is 1. The number of pyridine rings is 1. The first-order chi connectivity index (χ1) is 12.1. The third-order valence-corrected chi connectivity index (χ3v) is 6.04. The van der Waals surface area contributed by atoms with Crippen molar-refractivity contribution in [2.75, 3.05) is 13.6 Å². The number of amides is 2. The molecule has 4 aliphatic rings. The van der Waals surface area contributed by atoms with Gasteiger partial charge in [0.05, 0.1) is 24.5 Å². The van der Waals surface area contributed by atoms with E-state index in [-0.39, 0.29) is 17.9 Å². The first-order valence-corrected chi connectivity index (χ1v) is 8.94. The molecular formula is C19H21N3O3. The zero-order valence-electron chi connectivity index (χ0n) is 14.2. The molecule has 1 aromatic rings. The van der Waals surface area contributed by atoms with Crippen LogP contribution in [0.25, 0.3) is 0 Å². The lowest BCUT2D eigenvalue weighted by molar-refractivity contribution is -0.136. The van der Waals surface area contributed by atoms with Crippen LogP contribution < -0.4 is 5.32 Å². The molecule has 2 bridgehead atoms. The smallest absolute Gasteiger partial charge is 0.229 e. The van der Waals surface area contributed by atoms with Crippen LogP contribution in [0.5, 0.6) is 0 Å². The molecule has 1 aliphatic carbocycles. The summed E-state index contributed by atoms with van der Waals surface area (Å²) in [5.41, 5.74) is 2.89. The van der Waals surface area contributed by atoms with E-state index in [9.17, 15) is 9.59 Å². The van der Waals surface area contributed by atoms with E-state index >= 15 is 0 Å². The first-order valence-electron chi connectivity index (χ1n) is 8.94. The van der Waals surface area contributed by atoms with Crippen LogP contribution in [-0.4, -0.2) is 47.0 Å². The predicted molar refractivity (Wildman–Crippen MR) is 89.5 cm³/mol. The van der Waals surface area contributed by atoms with Gasteiger partial charge in [-0.15, -0.1) is 0 Å². The summed E-state index contributed by atoms with van der Waals surface area (Å²) >= 11 is 0. The summed E-state index contributed by atoms with van der Waals surface area (Å²) in [5.74, 6) is -0.938. The van der Waals surface area contributed by atoms with Gasteiger partial charge >= 0.3 is 0 Å². The van der Waals surface area contributed by atoms with Gasteiger partial charge in [0.2, 0.25) is 11.8 Å². The highest BCUT2D eigenvalue weighted by Crippen LogP contribution is 2.51. The lowest BCUT2D eigenvalue weighted by Gasteiger charge is -2.23. The average molecular weight is 339 g/mol. The Kier molecular flexibility index (Phi) is 3.10. The zero-order chi connectivity index (χ0) is 17.2. The first kappa shape index (κ1) is 15.1. The molecule has 5 rings (SSSR count). The van der Waals surface area contributed by atoms with Gasteiger partial charge in [-0.2, -0.15) is 0 Å². The highest BCUT2D eigenvalue weighted by molar-refractivity contribution is 5.92. The fraction of sp³-hybridized carbons (Fsp3) is 0.526. The lowest BCUT2D eigenvalue weighted by Crippen LogP contribution is -2.43. The molecule has 4 heterocycles. The van der Waals surface area contributed by atoms with Crippen molar-refractivity contribution in [1.82, 2.24) is 15.2 Å². The van der Waals surface area contributed by atoms with E-state index in [4.69, 9.17) is 4.74 Å². The minimum Gasteiger partial charge on any atom is -0.360 e. The maximum atomic E-state index is 12.8. The standard InChI is InChI=1S/C19H21N3O3/c1-22-10-19-6-5-14(25-19)15(16(19)18(22)24)17(23)21-9-11-7-12-3-2-4-13(12)20-8-11/h5-8,14-16H,2-4,9-10H2,1H3,(H,21,23)/t14-,15-,16+,19-/m0/s1. The second-order valence-corrected chi connectivity index (χ2v) is 7.62.